The fourth-order valence-corrected chi connectivity index (χ4v) is 5.91. The summed E-state index contributed by atoms with van der Waals surface area (Å²) in [6, 6.07) is 27.5. The SMILES string of the molecule is CC(C)COc1cc(C(=O)O)ccc1[N+](=O)[O-].CC(C)Oc1cc(C(=O)O)ccc1[N+](=O)[O-].CCC(C)Oc1cc(C(=O)O)ccc1[N+](=O)[O-].O=C(O)c1ccc([N+](=O)[O-])c(OCc2ccc3ccccc3c2)c1. The number of nitrogens with zero attached hydrogens (tertiary/aromatic N) is 4. The van der Waals surface area contributed by atoms with Crippen molar-refractivity contribution in [2.24, 2.45) is 5.92 Å². The molecule has 6 aromatic rings. The predicted molar refractivity (Wildman–Crippen MR) is 265 cm³/mol. The Balaban J connectivity index is 0.000000265. The van der Waals surface area contributed by atoms with Crippen molar-refractivity contribution in [1.29, 1.82) is 0 Å². The summed E-state index contributed by atoms with van der Waals surface area (Å²) in [4.78, 5) is 84.0. The predicted octanol–water partition coefficient (Wildman–Crippen LogP) is 10.9. The molecule has 74 heavy (non-hydrogen) atoms. The van der Waals surface area contributed by atoms with E-state index in [-0.39, 0.29) is 92.7 Å². The molecule has 0 amide bonds. The molecule has 1 atom stereocenters. The molecule has 0 spiro atoms. The van der Waals surface area contributed by atoms with Crippen LogP contribution in [0.4, 0.5) is 22.7 Å². The van der Waals surface area contributed by atoms with Crippen molar-refractivity contribution in [3.8, 4) is 23.0 Å². The molecule has 1 unspecified atom stereocenters. The second-order valence-electron chi connectivity index (χ2n) is 16.2. The van der Waals surface area contributed by atoms with Crippen LogP contribution in [0.3, 0.4) is 0 Å². The van der Waals surface area contributed by atoms with E-state index in [1.54, 1.807) is 20.8 Å². The molecule has 0 bridgehead atoms. The molecule has 24 heteroatoms. The second-order valence-corrected chi connectivity index (χ2v) is 16.2. The minimum Gasteiger partial charge on any atom is -0.487 e. The largest absolute Gasteiger partial charge is 0.487 e. The van der Waals surface area contributed by atoms with E-state index in [1.165, 1.54) is 42.5 Å². The summed E-state index contributed by atoms with van der Waals surface area (Å²) in [5.74, 6) is -4.52. The lowest BCUT2D eigenvalue weighted by Gasteiger charge is -2.12. The van der Waals surface area contributed by atoms with Crippen LogP contribution >= 0.6 is 0 Å². The van der Waals surface area contributed by atoms with Gasteiger partial charge in [-0.3, -0.25) is 40.5 Å². The van der Waals surface area contributed by atoms with Crippen molar-refractivity contribution in [3.05, 3.63) is 184 Å². The minimum atomic E-state index is -1.17. The number of benzene rings is 6. The van der Waals surface area contributed by atoms with Crippen LogP contribution in [0.1, 0.15) is 95.0 Å². The number of fused-ring (bicyclic) bond motifs is 1. The van der Waals surface area contributed by atoms with Crippen LogP contribution in [0.15, 0.2) is 115 Å². The second kappa shape index (κ2) is 27.6. The number of carboxylic acids is 4. The van der Waals surface area contributed by atoms with Crippen molar-refractivity contribution in [3.63, 3.8) is 0 Å². The lowest BCUT2D eigenvalue weighted by Crippen LogP contribution is -2.11. The van der Waals surface area contributed by atoms with Gasteiger partial charge in [-0.2, -0.15) is 0 Å². The van der Waals surface area contributed by atoms with Crippen LogP contribution in [-0.2, 0) is 6.61 Å². The maximum atomic E-state index is 11.1. The average Bonchev–Trinajstić information content (AvgIpc) is 3.34. The lowest BCUT2D eigenvalue weighted by molar-refractivity contribution is -0.386. The van der Waals surface area contributed by atoms with E-state index in [1.807, 2.05) is 63.2 Å². The molecule has 0 aliphatic carbocycles. The average molecular weight is 1030 g/mol. The minimum absolute atomic E-state index is 0.00995. The number of carboxylic acid groups (broad SMARTS) is 4. The van der Waals surface area contributed by atoms with Crippen LogP contribution < -0.4 is 18.9 Å². The molecule has 6 aromatic carbocycles. The Morgan fingerprint density at radius 3 is 1.20 bits per heavy atom. The zero-order valence-electron chi connectivity index (χ0n) is 40.4. The Hall–Kier alpha value is -9.74. The van der Waals surface area contributed by atoms with E-state index < -0.39 is 43.6 Å². The molecule has 0 aliphatic rings. The molecular weight excluding hydrogens is 977 g/mol. The smallest absolute Gasteiger partial charge is 0.335 e. The van der Waals surface area contributed by atoms with Crippen LogP contribution in [0.2, 0.25) is 0 Å². The quantitative estimate of drug-likeness (QED) is 0.0432. The Labute approximate surface area is 420 Å². The van der Waals surface area contributed by atoms with Gasteiger partial charge in [0, 0.05) is 48.5 Å². The summed E-state index contributed by atoms with van der Waals surface area (Å²) in [5, 5.41) is 80.7. The molecule has 24 nitrogen and oxygen atoms in total. The molecule has 0 saturated carbocycles. The summed E-state index contributed by atoms with van der Waals surface area (Å²) in [7, 11) is 0. The number of hydrogen-bond donors (Lipinski definition) is 4. The van der Waals surface area contributed by atoms with E-state index in [0.29, 0.717) is 13.0 Å². The van der Waals surface area contributed by atoms with E-state index >= 15 is 0 Å². The van der Waals surface area contributed by atoms with Crippen LogP contribution in [0.5, 0.6) is 23.0 Å². The molecule has 0 radical (unpaired) electrons. The van der Waals surface area contributed by atoms with E-state index in [9.17, 15) is 59.6 Å². The first-order valence-electron chi connectivity index (χ1n) is 22.0. The summed E-state index contributed by atoms with van der Waals surface area (Å²) in [6.07, 6.45) is 0.203. The first-order chi connectivity index (χ1) is 34.8. The van der Waals surface area contributed by atoms with Gasteiger partial charge in [0.15, 0.2) is 23.0 Å². The molecule has 6 rings (SSSR count). The Bertz CT molecular complexity index is 3030. The fraction of sp³-hybridized carbons (Fsp3) is 0.240. The van der Waals surface area contributed by atoms with Crippen LogP contribution in [0.25, 0.3) is 10.8 Å². The topological polar surface area (TPSA) is 359 Å². The van der Waals surface area contributed by atoms with Gasteiger partial charge >= 0.3 is 46.6 Å². The lowest BCUT2D eigenvalue weighted by atomic mass is 10.1. The Kier molecular flexibility index (Phi) is 21.8. The first-order valence-corrected chi connectivity index (χ1v) is 22.0. The standard InChI is InChI=1S/C18H13NO5.2C11H13NO5.C10H11NO5/c20-18(21)15-7-8-16(19(22)23)17(10-15)24-11-12-5-6-13-3-1-2-4-14(13)9-12;1-7(2)6-17-10-5-8(11(13)14)3-4-9(10)12(15)16;1-3-7(2)17-10-6-8(11(13)14)4-5-9(10)12(15)16;1-6(2)16-9-5-7(10(12)13)3-4-8(9)11(14)15/h1-10H,11H2,(H,20,21);3-5,7H,6H2,1-2H3,(H,13,14);4-7H,3H2,1-2H3,(H,13,14);3-6H,1-2H3,(H,12,13). The number of nitro benzene ring substituents is 4. The highest BCUT2D eigenvalue weighted by molar-refractivity contribution is 5.90. The first kappa shape index (κ1) is 58.6. The third kappa shape index (κ3) is 17.9. The summed E-state index contributed by atoms with van der Waals surface area (Å²) in [5.41, 5.74) is -0.284. The van der Waals surface area contributed by atoms with Crippen molar-refractivity contribution in [1.82, 2.24) is 0 Å². The van der Waals surface area contributed by atoms with Gasteiger partial charge in [-0.25, -0.2) is 19.2 Å². The highest BCUT2D eigenvalue weighted by Gasteiger charge is 2.22. The summed E-state index contributed by atoms with van der Waals surface area (Å²) >= 11 is 0. The van der Waals surface area contributed by atoms with Gasteiger partial charge < -0.3 is 39.4 Å². The molecule has 0 aromatic heterocycles. The van der Waals surface area contributed by atoms with Gasteiger partial charge in [0.05, 0.1) is 60.8 Å². The van der Waals surface area contributed by atoms with Gasteiger partial charge in [0.25, 0.3) is 0 Å². The molecule has 0 saturated heterocycles. The van der Waals surface area contributed by atoms with Crippen LogP contribution in [-0.4, -0.2) is 82.8 Å². The maximum absolute atomic E-state index is 11.1. The third-order valence-electron chi connectivity index (χ3n) is 9.66. The molecule has 390 valence electrons. The third-order valence-corrected chi connectivity index (χ3v) is 9.66. The zero-order valence-corrected chi connectivity index (χ0v) is 40.4. The molecular formula is C50H50N4O20. The Morgan fingerprint density at radius 2 is 0.838 bits per heavy atom. The molecule has 0 aliphatic heterocycles. The molecule has 0 heterocycles. The van der Waals surface area contributed by atoms with Gasteiger partial charge in [-0.1, -0.05) is 57.2 Å². The van der Waals surface area contributed by atoms with Gasteiger partial charge in [0.1, 0.15) is 6.61 Å². The summed E-state index contributed by atoms with van der Waals surface area (Å²) < 4.78 is 21.3. The van der Waals surface area contributed by atoms with E-state index in [0.717, 1.165) is 46.7 Å². The number of rotatable bonds is 19. The van der Waals surface area contributed by atoms with Gasteiger partial charge in [-0.05, 0) is 79.8 Å². The molecule has 0 fully saturated rings. The monoisotopic (exact) mass is 1030 g/mol. The highest BCUT2D eigenvalue weighted by Crippen LogP contribution is 2.32. The van der Waals surface area contributed by atoms with Crippen molar-refractivity contribution >= 4 is 57.4 Å². The normalized spacial score (nSPS) is 10.7. The zero-order chi connectivity index (χ0) is 55.4. The van der Waals surface area contributed by atoms with Gasteiger partial charge in [0.2, 0.25) is 0 Å². The number of hydrogen-bond acceptors (Lipinski definition) is 16. The molecule has 4 N–H and O–H groups in total. The van der Waals surface area contributed by atoms with Crippen LogP contribution in [0, 0.1) is 46.4 Å². The number of carbonyl (C=O) groups is 4. The highest BCUT2D eigenvalue weighted by atomic mass is 16.6. The van der Waals surface area contributed by atoms with E-state index in [2.05, 4.69) is 0 Å². The number of aromatic carboxylic acids is 4. The van der Waals surface area contributed by atoms with Crippen molar-refractivity contribution in [2.75, 3.05) is 6.61 Å². The number of ether oxygens (including phenoxy) is 4. The fourth-order valence-electron chi connectivity index (χ4n) is 5.91. The van der Waals surface area contributed by atoms with Crippen molar-refractivity contribution in [2.45, 2.75) is 66.8 Å². The van der Waals surface area contributed by atoms with Gasteiger partial charge in [-0.15, -0.1) is 0 Å². The van der Waals surface area contributed by atoms with Crippen molar-refractivity contribution < 1.29 is 78.2 Å². The Morgan fingerprint density at radius 1 is 0.473 bits per heavy atom. The number of nitro groups is 4. The van der Waals surface area contributed by atoms with E-state index in [4.69, 9.17) is 39.4 Å². The summed E-state index contributed by atoms with van der Waals surface area (Å²) in [6.45, 7) is 11.2. The maximum Gasteiger partial charge on any atom is 0.335 e.